The molecule has 0 fully saturated rings. The Balaban J connectivity index is 1.80. The van der Waals surface area contributed by atoms with Crippen molar-refractivity contribution in [1.29, 1.82) is 0 Å². The van der Waals surface area contributed by atoms with Crippen molar-refractivity contribution in [1.82, 2.24) is 15.0 Å². The number of nitrogens with zero attached hydrogens (tertiary/aromatic N) is 4. The molecule has 0 bridgehead atoms. The lowest BCUT2D eigenvalue weighted by molar-refractivity contribution is 0.860. The molecule has 0 radical (unpaired) electrons. The van der Waals surface area contributed by atoms with Gasteiger partial charge in [-0.2, -0.15) is 0 Å². The van der Waals surface area contributed by atoms with E-state index in [1.54, 1.807) is 6.33 Å². The minimum atomic E-state index is 0.908. The summed E-state index contributed by atoms with van der Waals surface area (Å²) in [7, 11) is 2.07. The molecule has 0 aliphatic heterocycles. The summed E-state index contributed by atoms with van der Waals surface area (Å²) in [5, 5.41) is 1.09. The second-order valence-electron chi connectivity index (χ2n) is 4.74. The van der Waals surface area contributed by atoms with Crippen molar-refractivity contribution in [2.45, 2.75) is 6.42 Å². The van der Waals surface area contributed by atoms with E-state index in [2.05, 4.69) is 33.0 Å². The fourth-order valence-electron chi connectivity index (χ4n) is 2.25. The molecule has 20 heavy (non-hydrogen) atoms. The third kappa shape index (κ3) is 2.59. The maximum Gasteiger partial charge on any atom is 0.139 e. The largest absolute Gasteiger partial charge is 0.359 e. The molecule has 3 aromatic rings. The van der Waals surface area contributed by atoms with E-state index in [0.717, 1.165) is 29.7 Å². The van der Waals surface area contributed by atoms with Gasteiger partial charge < -0.3 is 4.90 Å². The molecule has 0 unspecified atom stereocenters. The highest BCUT2D eigenvalue weighted by Crippen LogP contribution is 2.21. The number of aromatic nitrogens is 3. The van der Waals surface area contributed by atoms with Crippen molar-refractivity contribution >= 4 is 16.7 Å². The van der Waals surface area contributed by atoms with Gasteiger partial charge in [0.15, 0.2) is 0 Å². The molecule has 0 amide bonds. The van der Waals surface area contributed by atoms with E-state index < -0.39 is 0 Å². The van der Waals surface area contributed by atoms with E-state index in [1.807, 2.05) is 42.7 Å². The second kappa shape index (κ2) is 5.65. The molecule has 4 nitrogen and oxygen atoms in total. The Morgan fingerprint density at radius 2 is 1.80 bits per heavy atom. The molecule has 0 N–H and O–H groups in total. The van der Waals surface area contributed by atoms with E-state index in [1.165, 1.54) is 5.56 Å². The summed E-state index contributed by atoms with van der Waals surface area (Å²) in [5.41, 5.74) is 2.26. The van der Waals surface area contributed by atoms with Gasteiger partial charge in [0.2, 0.25) is 0 Å². The van der Waals surface area contributed by atoms with Crippen molar-refractivity contribution < 1.29 is 0 Å². The molecular formula is C16H16N4. The van der Waals surface area contributed by atoms with Crippen molar-refractivity contribution in [3.8, 4) is 0 Å². The molecule has 2 aromatic heterocycles. The minimum Gasteiger partial charge on any atom is -0.359 e. The third-order valence-corrected chi connectivity index (χ3v) is 3.37. The summed E-state index contributed by atoms with van der Waals surface area (Å²) < 4.78 is 0. The average molecular weight is 264 g/mol. The smallest absolute Gasteiger partial charge is 0.139 e. The number of hydrogen-bond acceptors (Lipinski definition) is 4. The van der Waals surface area contributed by atoms with Crippen LogP contribution in [-0.4, -0.2) is 28.5 Å². The molecule has 0 saturated carbocycles. The van der Waals surface area contributed by atoms with Crippen LogP contribution in [0.5, 0.6) is 0 Å². The van der Waals surface area contributed by atoms with Crippen LogP contribution in [0.3, 0.4) is 0 Å². The highest BCUT2D eigenvalue weighted by Gasteiger charge is 2.07. The fourth-order valence-corrected chi connectivity index (χ4v) is 2.25. The zero-order valence-corrected chi connectivity index (χ0v) is 11.4. The number of likely N-dealkylation sites (N-methyl/N-ethyl adjacent to an activating group) is 1. The van der Waals surface area contributed by atoms with E-state index in [-0.39, 0.29) is 0 Å². The Morgan fingerprint density at radius 1 is 1.00 bits per heavy atom. The number of fused-ring (bicyclic) bond motifs is 1. The van der Waals surface area contributed by atoms with E-state index in [0.29, 0.717) is 0 Å². The number of anilines is 1. The van der Waals surface area contributed by atoms with Crippen molar-refractivity contribution in [2.75, 3.05) is 18.5 Å². The quantitative estimate of drug-likeness (QED) is 0.726. The van der Waals surface area contributed by atoms with Crippen LogP contribution in [0, 0.1) is 0 Å². The Kier molecular flexibility index (Phi) is 3.54. The van der Waals surface area contributed by atoms with Gasteiger partial charge in [0.05, 0.1) is 5.52 Å². The Morgan fingerprint density at radius 3 is 2.65 bits per heavy atom. The lowest BCUT2D eigenvalue weighted by Crippen LogP contribution is -2.21. The lowest BCUT2D eigenvalue weighted by Gasteiger charge is -2.19. The Bertz CT molecular complexity index is 692. The second-order valence-corrected chi connectivity index (χ2v) is 4.74. The number of pyridine rings is 1. The van der Waals surface area contributed by atoms with Crippen LogP contribution < -0.4 is 4.90 Å². The monoisotopic (exact) mass is 264 g/mol. The first kappa shape index (κ1) is 12.5. The Hall–Kier alpha value is -2.49. The van der Waals surface area contributed by atoms with Gasteiger partial charge in [-0.15, -0.1) is 0 Å². The summed E-state index contributed by atoms with van der Waals surface area (Å²) in [6, 6.07) is 12.2. The standard InChI is InChI=1S/C16H16N4/c1-20(11-8-13-6-9-17-10-7-13)16-14-4-2-3-5-15(14)18-12-19-16/h2-7,9-10,12H,8,11H2,1H3. The molecule has 2 heterocycles. The topological polar surface area (TPSA) is 41.9 Å². The first-order valence-electron chi connectivity index (χ1n) is 6.64. The Labute approximate surface area is 118 Å². The number of rotatable bonds is 4. The highest BCUT2D eigenvalue weighted by atomic mass is 15.2. The number of hydrogen-bond donors (Lipinski definition) is 0. The summed E-state index contributed by atoms with van der Waals surface area (Å²) >= 11 is 0. The molecule has 4 heteroatoms. The lowest BCUT2D eigenvalue weighted by atomic mass is 10.2. The SMILES string of the molecule is CN(CCc1ccncc1)c1ncnc2ccccc12. The van der Waals surface area contributed by atoms with Crippen LogP contribution in [0.15, 0.2) is 55.1 Å². The number of para-hydroxylation sites is 1. The molecule has 0 atom stereocenters. The first-order chi connectivity index (χ1) is 9.84. The van der Waals surface area contributed by atoms with Gasteiger partial charge in [-0.3, -0.25) is 4.98 Å². The normalized spacial score (nSPS) is 10.7. The van der Waals surface area contributed by atoms with Gasteiger partial charge in [0, 0.05) is 31.4 Å². The zero-order valence-electron chi connectivity index (χ0n) is 11.4. The van der Waals surface area contributed by atoms with Crippen LogP contribution in [0.2, 0.25) is 0 Å². The van der Waals surface area contributed by atoms with Gasteiger partial charge in [-0.25, -0.2) is 9.97 Å². The van der Waals surface area contributed by atoms with Crippen LogP contribution in [0.25, 0.3) is 10.9 Å². The summed E-state index contributed by atoms with van der Waals surface area (Å²) in [4.78, 5) is 14.9. The molecule has 0 spiro atoms. The first-order valence-corrected chi connectivity index (χ1v) is 6.64. The van der Waals surface area contributed by atoms with Gasteiger partial charge in [0.1, 0.15) is 12.1 Å². The van der Waals surface area contributed by atoms with Gasteiger partial charge in [-0.05, 0) is 36.2 Å². The van der Waals surface area contributed by atoms with Crippen molar-refractivity contribution in [3.63, 3.8) is 0 Å². The predicted molar refractivity (Wildman–Crippen MR) is 80.7 cm³/mol. The molecule has 0 saturated heterocycles. The third-order valence-electron chi connectivity index (χ3n) is 3.37. The van der Waals surface area contributed by atoms with Crippen molar-refractivity contribution in [2.24, 2.45) is 0 Å². The molecule has 100 valence electrons. The minimum absolute atomic E-state index is 0.908. The molecule has 3 rings (SSSR count). The van der Waals surface area contributed by atoms with E-state index in [4.69, 9.17) is 0 Å². The molecule has 1 aromatic carbocycles. The average Bonchev–Trinajstić information content (AvgIpc) is 2.53. The summed E-state index contributed by atoms with van der Waals surface area (Å²) in [5.74, 6) is 0.977. The van der Waals surface area contributed by atoms with Crippen LogP contribution in [0.1, 0.15) is 5.56 Å². The maximum atomic E-state index is 4.42. The number of benzene rings is 1. The van der Waals surface area contributed by atoms with Crippen LogP contribution in [-0.2, 0) is 6.42 Å². The predicted octanol–water partition coefficient (Wildman–Crippen LogP) is 2.70. The maximum absolute atomic E-state index is 4.42. The zero-order chi connectivity index (χ0) is 13.8. The van der Waals surface area contributed by atoms with Gasteiger partial charge in [-0.1, -0.05) is 12.1 Å². The van der Waals surface area contributed by atoms with Gasteiger partial charge in [0.25, 0.3) is 0 Å². The van der Waals surface area contributed by atoms with Crippen molar-refractivity contribution in [3.05, 3.63) is 60.7 Å². The summed E-state index contributed by atoms with van der Waals surface area (Å²) in [6.07, 6.45) is 6.25. The fraction of sp³-hybridized carbons (Fsp3) is 0.188. The summed E-state index contributed by atoms with van der Waals surface area (Å²) in [6.45, 7) is 0.908. The van der Waals surface area contributed by atoms with Crippen LogP contribution in [0.4, 0.5) is 5.82 Å². The molecular weight excluding hydrogens is 248 g/mol. The van der Waals surface area contributed by atoms with E-state index >= 15 is 0 Å². The van der Waals surface area contributed by atoms with Gasteiger partial charge >= 0.3 is 0 Å². The highest BCUT2D eigenvalue weighted by molar-refractivity contribution is 5.89. The van der Waals surface area contributed by atoms with Crippen LogP contribution >= 0.6 is 0 Å². The molecule has 0 aliphatic carbocycles. The molecule has 0 aliphatic rings. The van der Waals surface area contributed by atoms with E-state index in [9.17, 15) is 0 Å².